The Morgan fingerprint density at radius 2 is 2.22 bits per heavy atom. The van der Waals surface area contributed by atoms with Gasteiger partial charge in [0.2, 0.25) is 10.0 Å². The monoisotopic (exact) mass is 294 g/mol. The van der Waals surface area contributed by atoms with Crippen molar-refractivity contribution in [2.75, 3.05) is 18.9 Å². The zero-order chi connectivity index (χ0) is 13.3. The van der Waals surface area contributed by atoms with Crippen LogP contribution >= 0.6 is 11.6 Å². The van der Waals surface area contributed by atoms with Crippen LogP contribution in [0.4, 0.5) is 10.1 Å². The van der Waals surface area contributed by atoms with Crippen molar-refractivity contribution in [2.45, 2.75) is 17.4 Å². The first-order chi connectivity index (χ1) is 8.40. The minimum atomic E-state index is -3.82. The predicted octanol–water partition coefficient (Wildman–Crippen LogP) is 1.13. The van der Waals surface area contributed by atoms with E-state index in [0.29, 0.717) is 19.6 Å². The fraction of sp³-hybridized carbons (Fsp3) is 0.400. The van der Waals surface area contributed by atoms with Crippen LogP contribution < -0.4 is 10.5 Å². The number of benzene rings is 1. The third kappa shape index (κ3) is 2.74. The van der Waals surface area contributed by atoms with E-state index in [-0.39, 0.29) is 21.6 Å². The van der Waals surface area contributed by atoms with Crippen LogP contribution in [0.5, 0.6) is 0 Å². The van der Waals surface area contributed by atoms with Gasteiger partial charge < -0.3 is 10.5 Å². The molecule has 1 aromatic carbocycles. The average Bonchev–Trinajstić information content (AvgIpc) is 2.75. The number of nitrogen functional groups attached to an aromatic ring is 1. The fourth-order valence-electron chi connectivity index (χ4n) is 1.66. The van der Waals surface area contributed by atoms with Gasteiger partial charge >= 0.3 is 0 Å². The summed E-state index contributed by atoms with van der Waals surface area (Å²) >= 11 is 5.73. The summed E-state index contributed by atoms with van der Waals surface area (Å²) in [6, 6.07) is 1.60. The average molecular weight is 295 g/mol. The topological polar surface area (TPSA) is 81.4 Å². The second-order valence-electron chi connectivity index (χ2n) is 3.99. The zero-order valence-corrected chi connectivity index (χ0v) is 10.9. The fourth-order valence-corrected chi connectivity index (χ4v) is 3.47. The highest BCUT2D eigenvalue weighted by Crippen LogP contribution is 2.26. The number of halogens is 2. The molecular weight excluding hydrogens is 283 g/mol. The van der Waals surface area contributed by atoms with Crippen LogP contribution in [0.2, 0.25) is 5.02 Å². The van der Waals surface area contributed by atoms with Crippen LogP contribution in [0.25, 0.3) is 0 Å². The van der Waals surface area contributed by atoms with Gasteiger partial charge in [0.15, 0.2) is 0 Å². The smallest absolute Gasteiger partial charge is 0.242 e. The molecule has 0 spiro atoms. The highest BCUT2D eigenvalue weighted by atomic mass is 35.5. The van der Waals surface area contributed by atoms with Gasteiger partial charge in [0, 0.05) is 12.6 Å². The van der Waals surface area contributed by atoms with Crippen molar-refractivity contribution in [1.29, 1.82) is 0 Å². The van der Waals surface area contributed by atoms with E-state index in [0.717, 1.165) is 12.1 Å². The van der Waals surface area contributed by atoms with Gasteiger partial charge in [0.25, 0.3) is 0 Å². The maximum Gasteiger partial charge on any atom is 0.242 e. The normalized spacial score (nSPS) is 20.2. The van der Waals surface area contributed by atoms with Crippen LogP contribution in [-0.2, 0) is 14.8 Å². The lowest BCUT2D eigenvalue weighted by Gasteiger charge is -2.13. The first kappa shape index (κ1) is 13.5. The van der Waals surface area contributed by atoms with Gasteiger partial charge in [-0.3, -0.25) is 0 Å². The molecule has 1 heterocycles. The quantitative estimate of drug-likeness (QED) is 0.819. The molecule has 0 bridgehead atoms. The third-order valence-electron chi connectivity index (χ3n) is 2.59. The van der Waals surface area contributed by atoms with E-state index in [2.05, 4.69) is 4.72 Å². The summed E-state index contributed by atoms with van der Waals surface area (Å²) in [5.74, 6) is -0.747. The predicted molar refractivity (Wildman–Crippen MR) is 65.4 cm³/mol. The lowest BCUT2D eigenvalue weighted by atomic mass is 10.3. The summed E-state index contributed by atoms with van der Waals surface area (Å²) in [4.78, 5) is -0.227. The number of nitrogens with two attached hydrogens (primary N) is 1. The Morgan fingerprint density at radius 3 is 2.83 bits per heavy atom. The van der Waals surface area contributed by atoms with Crippen molar-refractivity contribution < 1.29 is 17.5 Å². The van der Waals surface area contributed by atoms with Crippen LogP contribution in [0.15, 0.2) is 17.0 Å². The highest BCUT2D eigenvalue weighted by molar-refractivity contribution is 7.89. The second-order valence-corrected chi connectivity index (χ2v) is 6.08. The number of sulfonamides is 1. The summed E-state index contributed by atoms with van der Waals surface area (Å²) in [5.41, 5.74) is 5.08. The van der Waals surface area contributed by atoms with Gasteiger partial charge in [-0.05, 0) is 18.6 Å². The van der Waals surface area contributed by atoms with Crippen LogP contribution in [0.3, 0.4) is 0 Å². The SMILES string of the molecule is Nc1cc(S(=O)(=O)NC2CCOC2)c(Cl)cc1F. The molecule has 18 heavy (non-hydrogen) atoms. The number of nitrogens with one attached hydrogen (secondary N) is 1. The van der Waals surface area contributed by atoms with E-state index in [1.807, 2.05) is 0 Å². The van der Waals surface area contributed by atoms with Crippen molar-refractivity contribution >= 4 is 27.3 Å². The maximum atomic E-state index is 13.1. The van der Waals surface area contributed by atoms with Gasteiger partial charge in [-0.1, -0.05) is 11.6 Å². The molecule has 1 aliphatic rings. The Bertz CT molecular complexity index is 558. The molecule has 0 radical (unpaired) electrons. The van der Waals surface area contributed by atoms with Crippen LogP contribution in [-0.4, -0.2) is 27.7 Å². The molecule has 2 rings (SSSR count). The number of ether oxygens (including phenoxy) is 1. The van der Waals surface area contributed by atoms with E-state index in [1.165, 1.54) is 0 Å². The lowest BCUT2D eigenvalue weighted by Crippen LogP contribution is -2.35. The molecule has 0 aliphatic carbocycles. The minimum absolute atomic E-state index is 0.201. The first-order valence-electron chi connectivity index (χ1n) is 5.25. The Labute approximate surface area is 109 Å². The zero-order valence-electron chi connectivity index (χ0n) is 9.32. The van der Waals surface area contributed by atoms with Crippen LogP contribution in [0.1, 0.15) is 6.42 Å². The number of anilines is 1. The number of hydrogen-bond donors (Lipinski definition) is 2. The van der Waals surface area contributed by atoms with Crippen molar-refractivity contribution in [3.05, 3.63) is 23.0 Å². The summed E-state index contributed by atoms with van der Waals surface area (Å²) in [7, 11) is -3.82. The Hall–Kier alpha value is -0.890. The summed E-state index contributed by atoms with van der Waals surface area (Å²) in [6.07, 6.45) is 0.591. The highest BCUT2D eigenvalue weighted by Gasteiger charge is 2.26. The van der Waals surface area contributed by atoms with Crippen LogP contribution in [0, 0.1) is 5.82 Å². The molecule has 1 unspecified atom stereocenters. The molecule has 1 atom stereocenters. The van der Waals surface area contributed by atoms with E-state index in [9.17, 15) is 12.8 Å². The molecule has 0 saturated carbocycles. The van der Waals surface area contributed by atoms with Crippen molar-refractivity contribution in [3.8, 4) is 0 Å². The van der Waals surface area contributed by atoms with Gasteiger partial charge in [-0.15, -0.1) is 0 Å². The Kier molecular flexibility index (Phi) is 3.76. The van der Waals surface area contributed by atoms with Gasteiger partial charge in [0.05, 0.1) is 17.3 Å². The third-order valence-corrected chi connectivity index (χ3v) is 4.58. The molecular formula is C10H12ClFN2O3S. The van der Waals surface area contributed by atoms with E-state index >= 15 is 0 Å². The minimum Gasteiger partial charge on any atom is -0.396 e. The molecule has 0 amide bonds. The lowest BCUT2D eigenvalue weighted by molar-refractivity contribution is 0.192. The van der Waals surface area contributed by atoms with E-state index in [1.54, 1.807) is 0 Å². The summed E-state index contributed by atoms with van der Waals surface area (Å²) < 4.78 is 44.7. The van der Waals surface area contributed by atoms with Gasteiger partial charge in [-0.25, -0.2) is 17.5 Å². The maximum absolute atomic E-state index is 13.1. The summed E-state index contributed by atoms with van der Waals surface area (Å²) in [6.45, 7) is 0.819. The van der Waals surface area contributed by atoms with Gasteiger partial charge in [-0.2, -0.15) is 0 Å². The molecule has 100 valence electrons. The molecule has 1 aliphatic heterocycles. The number of rotatable bonds is 3. The standard InChI is InChI=1S/C10H12ClFN2O3S/c11-7-3-8(12)9(13)4-10(7)18(15,16)14-6-1-2-17-5-6/h3-4,6,14H,1-2,5,13H2. The van der Waals surface area contributed by atoms with Crippen molar-refractivity contribution in [1.82, 2.24) is 4.72 Å². The molecule has 1 fully saturated rings. The molecule has 0 aromatic heterocycles. The molecule has 1 aromatic rings. The molecule has 1 saturated heterocycles. The molecule has 3 N–H and O–H groups in total. The summed E-state index contributed by atoms with van der Waals surface area (Å²) in [5, 5.41) is -0.201. The largest absolute Gasteiger partial charge is 0.396 e. The van der Waals surface area contributed by atoms with Gasteiger partial charge in [0.1, 0.15) is 10.7 Å². The van der Waals surface area contributed by atoms with Crippen molar-refractivity contribution in [3.63, 3.8) is 0 Å². The Morgan fingerprint density at radius 1 is 1.50 bits per heavy atom. The van der Waals surface area contributed by atoms with Crippen molar-refractivity contribution in [2.24, 2.45) is 0 Å². The number of hydrogen-bond acceptors (Lipinski definition) is 4. The van der Waals surface area contributed by atoms with E-state index in [4.69, 9.17) is 22.1 Å². The second kappa shape index (κ2) is 5.00. The first-order valence-corrected chi connectivity index (χ1v) is 7.11. The Balaban J connectivity index is 2.31. The molecule has 5 nitrogen and oxygen atoms in total. The molecule has 8 heteroatoms. The van der Waals surface area contributed by atoms with E-state index < -0.39 is 15.8 Å².